The lowest BCUT2D eigenvalue weighted by molar-refractivity contribution is -0.146. The number of hydrogen-bond donors (Lipinski definition) is 3. The number of Topliss-reactive ketones (excluding diaryl/α,β-unsaturated/α-hetero) is 1. The van der Waals surface area contributed by atoms with E-state index in [1.54, 1.807) is 0 Å². The lowest BCUT2D eigenvalue weighted by Crippen LogP contribution is -2.66. The van der Waals surface area contributed by atoms with Crippen molar-refractivity contribution in [2.45, 2.75) is 77.2 Å². The molecular weight excluding hydrogens is 418 g/mol. The maximum Gasteiger partial charge on any atom is 0.139 e. The van der Waals surface area contributed by atoms with Crippen molar-refractivity contribution in [2.75, 3.05) is 20.2 Å². The number of carbonyl (C=O) groups is 1. The molecule has 0 saturated heterocycles. The zero-order valence-corrected chi connectivity index (χ0v) is 19.8. The molecule has 0 aromatic rings. The van der Waals surface area contributed by atoms with Crippen LogP contribution in [-0.4, -0.2) is 53.3 Å². The zero-order valence-electron chi connectivity index (χ0n) is 19.0. The van der Waals surface area contributed by atoms with Gasteiger partial charge in [0, 0.05) is 23.7 Å². The van der Waals surface area contributed by atoms with Gasteiger partial charge in [0.2, 0.25) is 0 Å². The van der Waals surface area contributed by atoms with Crippen LogP contribution in [0.5, 0.6) is 0 Å². The first kappa shape index (κ1) is 24.5. The minimum Gasteiger partial charge on any atom is -0.411 e. The van der Waals surface area contributed by atoms with Crippen LogP contribution >= 0.6 is 12.4 Å². The van der Waals surface area contributed by atoms with E-state index in [0.29, 0.717) is 55.1 Å². The zero-order chi connectivity index (χ0) is 21.6. The maximum absolute atomic E-state index is 12.6. The highest BCUT2D eigenvalue weighted by Gasteiger charge is 2.66. The lowest BCUT2D eigenvalue weighted by Gasteiger charge is -2.62. The van der Waals surface area contributed by atoms with Crippen molar-refractivity contribution in [3.8, 4) is 0 Å². The number of halogens is 1. The quantitative estimate of drug-likeness (QED) is 0.334. The highest BCUT2D eigenvalue weighted by Crippen LogP contribution is 2.65. The van der Waals surface area contributed by atoms with Crippen LogP contribution in [0.1, 0.15) is 71.6 Å². The fraction of sp³-hybridized carbons (Fsp3) is 0.870. The van der Waals surface area contributed by atoms with E-state index in [1.165, 1.54) is 0 Å². The third-order valence-electron chi connectivity index (χ3n) is 9.19. The Hall–Kier alpha value is -1.18. The molecule has 4 saturated carbocycles. The van der Waals surface area contributed by atoms with Crippen LogP contribution in [0.15, 0.2) is 10.3 Å². The molecule has 0 heterocycles. The van der Waals surface area contributed by atoms with Crippen LogP contribution in [0.25, 0.3) is 0 Å². The van der Waals surface area contributed by atoms with Crippen LogP contribution in [0.2, 0.25) is 0 Å². The molecule has 6 atom stereocenters. The molecule has 0 bridgehead atoms. The van der Waals surface area contributed by atoms with Gasteiger partial charge in [-0.05, 0) is 76.3 Å². The molecule has 176 valence electrons. The van der Waals surface area contributed by atoms with Crippen molar-refractivity contribution in [2.24, 2.45) is 38.9 Å². The molecule has 7 nitrogen and oxygen atoms in total. The van der Waals surface area contributed by atoms with E-state index in [4.69, 9.17) is 4.84 Å². The average Bonchev–Trinajstić information content (AvgIpc) is 3.03. The van der Waals surface area contributed by atoms with Gasteiger partial charge in [-0.15, -0.1) is 12.4 Å². The number of hydrogen-bond acceptors (Lipinski definition) is 7. The molecule has 0 aromatic heterocycles. The van der Waals surface area contributed by atoms with E-state index >= 15 is 0 Å². The summed E-state index contributed by atoms with van der Waals surface area (Å²) in [4.78, 5) is 18.1. The van der Waals surface area contributed by atoms with E-state index in [1.807, 2.05) is 7.05 Å². The van der Waals surface area contributed by atoms with Crippen molar-refractivity contribution in [1.29, 1.82) is 0 Å². The summed E-state index contributed by atoms with van der Waals surface area (Å²) in [6.07, 6.45) is 6.83. The number of rotatable bonds is 5. The van der Waals surface area contributed by atoms with E-state index in [9.17, 15) is 15.1 Å². The Bertz CT molecular complexity index is 759. The summed E-state index contributed by atoms with van der Waals surface area (Å²) in [5.41, 5.74) is -0.510. The highest BCUT2D eigenvalue weighted by atomic mass is 35.5. The lowest BCUT2D eigenvalue weighted by atomic mass is 9.43. The fourth-order valence-corrected chi connectivity index (χ4v) is 7.30. The monoisotopic (exact) mass is 455 g/mol. The van der Waals surface area contributed by atoms with Crippen LogP contribution in [0.4, 0.5) is 0 Å². The largest absolute Gasteiger partial charge is 0.411 e. The molecule has 4 aliphatic carbocycles. The molecule has 4 rings (SSSR count). The summed E-state index contributed by atoms with van der Waals surface area (Å²) in [5.74, 6) is 1.35. The summed E-state index contributed by atoms with van der Waals surface area (Å²) < 4.78 is 0. The average molecular weight is 456 g/mol. The number of nitrogens with one attached hydrogen (secondary N) is 1. The van der Waals surface area contributed by atoms with Gasteiger partial charge >= 0.3 is 0 Å². The van der Waals surface area contributed by atoms with Crippen molar-refractivity contribution >= 4 is 29.6 Å². The van der Waals surface area contributed by atoms with Gasteiger partial charge in [0.1, 0.15) is 18.0 Å². The molecule has 0 aromatic carbocycles. The van der Waals surface area contributed by atoms with Crippen LogP contribution in [-0.2, 0) is 9.63 Å². The van der Waals surface area contributed by atoms with E-state index in [0.717, 1.165) is 50.8 Å². The standard InChI is InChI=1S/C23H37N3O4.ClH/c1-21-9-8-18-16(17(21)5-6-20(21)27)13-19(25-29)23(28)14-15(7-10-22(18,23)2)26-30-12-4-11-24-3;/h16-18,24,28-29H,4-14H2,1-3H3;1H/b25-19+,26-15?;/t16-,17-,18-,21-,22+,23-;/m0./s1. The van der Waals surface area contributed by atoms with E-state index < -0.39 is 5.60 Å². The molecule has 31 heavy (non-hydrogen) atoms. The SMILES string of the molecule is CNCCCON=C1CC[C@]2(C)[C@H]3CC[C@]4(C)C(=O)CC[C@H]4[C@@H]3C/C(=N\O)[C@@]2(O)C1.Cl. The van der Waals surface area contributed by atoms with Crippen molar-refractivity contribution < 1.29 is 19.9 Å². The van der Waals surface area contributed by atoms with Gasteiger partial charge in [0.25, 0.3) is 0 Å². The molecule has 0 unspecified atom stereocenters. The van der Waals surface area contributed by atoms with Gasteiger partial charge in [0.15, 0.2) is 0 Å². The Morgan fingerprint density at radius 3 is 2.68 bits per heavy atom. The van der Waals surface area contributed by atoms with Gasteiger partial charge in [0.05, 0.1) is 11.4 Å². The third kappa shape index (κ3) is 3.70. The van der Waals surface area contributed by atoms with Gasteiger partial charge < -0.3 is 20.5 Å². The van der Waals surface area contributed by atoms with Gasteiger partial charge in [-0.2, -0.15) is 0 Å². The van der Waals surface area contributed by atoms with E-state index in [-0.39, 0.29) is 23.2 Å². The minimum atomic E-state index is -1.20. The molecule has 4 fully saturated rings. The van der Waals surface area contributed by atoms with E-state index in [2.05, 4.69) is 29.5 Å². The summed E-state index contributed by atoms with van der Waals surface area (Å²) in [7, 11) is 1.91. The first-order valence-electron chi connectivity index (χ1n) is 11.6. The number of ketones is 1. The second-order valence-electron chi connectivity index (χ2n) is 10.4. The normalized spacial score (nSPS) is 44.4. The molecule has 0 radical (unpaired) electrons. The van der Waals surface area contributed by atoms with Crippen molar-refractivity contribution in [1.82, 2.24) is 5.32 Å². The van der Waals surface area contributed by atoms with Gasteiger partial charge in [-0.25, -0.2) is 0 Å². The van der Waals surface area contributed by atoms with Crippen LogP contribution in [0, 0.1) is 28.6 Å². The predicted octanol–water partition coefficient (Wildman–Crippen LogP) is 3.56. The van der Waals surface area contributed by atoms with Crippen LogP contribution in [0.3, 0.4) is 0 Å². The number of oxime groups is 2. The molecule has 0 spiro atoms. The summed E-state index contributed by atoms with van der Waals surface area (Å²) in [5, 5.41) is 32.8. The molecule has 0 amide bonds. The summed E-state index contributed by atoms with van der Waals surface area (Å²) in [6.45, 7) is 5.72. The molecule has 8 heteroatoms. The Morgan fingerprint density at radius 2 is 1.97 bits per heavy atom. The Labute approximate surface area is 191 Å². The van der Waals surface area contributed by atoms with Gasteiger partial charge in [-0.1, -0.05) is 24.2 Å². The first-order chi connectivity index (χ1) is 14.3. The maximum atomic E-state index is 12.6. The second-order valence-corrected chi connectivity index (χ2v) is 10.4. The summed E-state index contributed by atoms with van der Waals surface area (Å²) in [6, 6.07) is 0. The topological polar surface area (TPSA) is 104 Å². The Morgan fingerprint density at radius 1 is 1.19 bits per heavy atom. The number of nitrogens with zero attached hydrogens (tertiary/aromatic N) is 2. The first-order valence-corrected chi connectivity index (χ1v) is 11.6. The predicted molar refractivity (Wildman–Crippen MR) is 122 cm³/mol. The smallest absolute Gasteiger partial charge is 0.139 e. The van der Waals surface area contributed by atoms with Gasteiger partial charge in [-0.3, -0.25) is 4.79 Å². The van der Waals surface area contributed by atoms with Crippen molar-refractivity contribution in [3.63, 3.8) is 0 Å². The molecule has 4 aliphatic rings. The number of fused-ring (bicyclic) bond motifs is 5. The molecule has 3 N–H and O–H groups in total. The fourth-order valence-electron chi connectivity index (χ4n) is 7.30. The molecular formula is C23H38ClN3O4. The van der Waals surface area contributed by atoms with Crippen molar-refractivity contribution in [3.05, 3.63) is 0 Å². The Balaban J connectivity index is 0.00000272. The number of carbonyl (C=O) groups excluding carboxylic acids is 1. The second kappa shape index (κ2) is 8.99. The van der Waals surface area contributed by atoms with Crippen LogP contribution < -0.4 is 5.32 Å². The number of aliphatic hydroxyl groups is 1. The highest BCUT2D eigenvalue weighted by molar-refractivity contribution is 6.00. The molecule has 0 aliphatic heterocycles. The Kier molecular flexibility index (Phi) is 7.09. The third-order valence-corrected chi connectivity index (χ3v) is 9.19. The summed E-state index contributed by atoms with van der Waals surface area (Å²) >= 11 is 0. The minimum absolute atomic E-state index is 0.